The van der Waals surface area contributed by atoms with Crippen molar-refractivity contribution >= 4 is 33.1 Å². The predicted molar refractivity (Wildman–Crippen MR) is 161 cm³/mol. The lowest BCUT2D eigenvalue weighted by atomic mass is 9.88. The molecule has 0 spiro atoms. The van der Waals surface area contributed by atoms with Gasteiger partial charge in [-0.1, -0.05) is 81.0 Å². The third kappa shape index (κ3) is 5.14. The highest BCUT2D eigenvalue weighted by atomic mass is 32.1. The first-order valence-electron chi connectivity index (χ1n) is 14.4. The smallest absolute Gasteiger partial charge is 0.266 e. The first-order valence-corrected chi connectivity index (χ1v) is 15.2. The van der Waals surface area contributed by atoms with Crippen molar-refractivity contribution in [1.82, 2.24) is 9.88 Å². The third-order valence-electron chi connectivity index (χ3n) is 8.53. The molecule has 0 atom stereocenters. The summed E-state index contributed by atoms with van der Waals surface area (Å²) in [6.45, 7) is 0. The number of aromatic nitrogens is 1. The van der Waals surface area contributed by atoms with Crippen molar-refractivity contribution in [2.75, 3.05) is 12.8 Å². The Morgan fingerprint density at radius 1 is 0.872 bits per heavy atom. The number of rotatable bonds is 6. The Labute approximate surface area is 235 Å². The highest BCUT2D eigenvalue weighted by Crippen LogP contribution is 2.43. The van der Waals surface area contributed by atoms with E-state index in [0.717, 1.165) is 64.0 Å². The van der Waals surface area contributed by atoms with Gasteiger partial charge in [0.1, 0.15) is 15.5 Å². The van der Waals surface area contributed by atoms with Gasteiger partial charge in [-0.3, -0.25) is 4.79 Å². The predicted octanol–water partition coefficient (Wildman–Crippen LogP) is 8.33. The van der Waals surface area contributed by atoms with Gasteiger partial charge >= 0.3 is 0 Å². The number of carbonyl (C=O) groups is 1. The number of nitrogen functional groups attached to an aromatic ring is 1. The number of nitrogens with zero attached hydrogens (tertiary/aromatic N) is 2. The third-order valence-corrected chi connectivity index (χ3v) is 9.62. The van der Waals surface area contributed by atoms with Gasteiger partial charge in [0.05, 0.1) is 18.5 Å². The average Bonchev–Trinajstić information content (AvgIpc) is 3.34. The molecule has 2 aromatic carbocycles. The molecule has 2 aliphatic carbocycles. The van der Waals surface area contributed by atoms with E-state index in [-0.39, 0.29) is 5.91 Å². The number of hydrogen-bond donors (Lipinski definition) is 1. The Balaban J connectivity index is 1.49. The van der Waals surface area contributed by atoms with Gasteiger partial charge < -0.3 is 15.4 Å². The molecule has 4 aromatic rings. The largest absolute Gasteiger partial charge is 0.497 e. The lowest BCUT2D eigenvalue weighted by molar-refractivity contribution is 0.0454. The highest BCUT2D eigenvalue weighted by molar-refractivity contribution is 7.21. The van der Waals surface area contributed by atoms with Crippen LogP contribution in [0.5, 0.6) is 5.75 Å². The van der Waals surface area contributed by atoms with E-state index in [2.05, 4.69) is 35.2 Å². The molecule has 2 N–H and O–H groups in total. The molecule has 0 radical (unpaired) electrons. The lowest BCUT2D eigenvalue weighted by Crippen LogP contribution is -2.48. The molecular weight excluding hydrogens is 502 g/mol. The first-order chi connectivity index (χ1) is 19.1. The summed E-state index contributed by atoms with van der Waals surface area (Å²) in [5.74, 6) is 0.910. The Bertz CT molecular complexity index is 1420. The van der Waals surface area contributed by atoms with E-state index < -0.39 is 0 Å². The molecule has 2 heterocycles. The van der Waals surface area contributed by atoms with Gasteiger partial charge in [-0.15, -0.1) is 11.3 Å². The van der Waals surface area contributed by atoms with Gasteiger partial charge in [0.2, 0.25) is 0 Å². The van der Waals surface area contributed by atoms with Crippen LogP contribution in [0.3, 0.4) is 0 Å². The minimum absolute atomic E-state index is 0.108. The van der Waals surface area contributed by atoms with E-state index in [9.17, 15) is 4.79 Å². The summed E-state index contributed by atoms with van der Waals surface area (Å²) in [5, 5.41) is 0.875. The van der Waals surface area contributed by atoms with Crippen LogP contribution in [0.1, 0.15) is 73.9 Å². The van der Waals surface area contributed by atoms with Crippen LogP contribution >= 0.6 is 11.3 Å². The van der Waals surface area contributed by atoms with E-state index in [0.29, 0.717) is 22.6 Å². The van der Waals surface area contributed by atoms with Crippen LogP contribution in [0.15, 0.2) is 60.7 Å². The van der Waals surface area contributed by atoms with E-state index in [4.69, 9.17) is 15.5 Å². The Morgan fingerprint density at radius 2 is 1.49 bits per heavy atom. The summed E-state index contributed by atoms with van der Waals surface area (Å²) in [7, 11) is 1.67. The topological polar surface area (TPSA) is 68.5 Å². The second kappa shape index (κ2) is 11.4. The molecule has 6 rings (SSSR count). The molecule has 1 amide bonds. The number of amides is 1. The molecule has 0 saturated heterocycles. The Hall–Kier alpha value is -3.38. The molecule has 2 aliphatic rings. The van der Waals surface area contributed by atoms with Gasteiger partial charge in [-0.25, -0.2) is 4.98 Å². The maximum absolute atomic E-state index is 14.4. The number of carbonyl (C=O) groups excluding carboxylic acids is 1. The monoisotopic (exact) mass is 539 g/mol. The second-order valence-corrected chi connectivity index (χ2v) is 12.0. The Morgan fingerprint density at radius 3 is 2.08 bits per heavy atom. The summed E-state index contributed by atoms with van der Waals surface area (Å²) >= 11 is 1.46. The molecule has 0 unspecified atom stereocenters. The molecule has 2 saturated carbocycles. The van der Waals surface area contributed by atoms with E-state index in [1.54, 1.807) is 7.11 Å². The molecule has 2 fully saturated rings. The SMILES string of the molecule is COc1ccc(-c2cc(-c3ccccc3)nc3sc(C(=O)N(C4CCCCC4)C4CCCCC4)c(N)c23)cc1. The second-order valence-electron chi connectivity index (χ2n) is 11.0. The molecule has 6 heteroatoms. The number of thiophene rings is 1. The van der Waals surface area contributed by atoms with Gasteiger partial charge in [0, 0.05) is 23.0 Å². The number of methoxy groups -OCH3 is 1. The summed E-state index contributed by atoms with van der Waals surface area (Å²) in [6.07, 6.45) is 11.7. The number of benzene rings is 2. The van der Waals surface area contributed by atoms with Crippen molar-refractivity contribution in [3.8, 4) is 28.1 Å². The highest BCUT2D eigenvalue weighted by Gasteiger charge is 2.35. The standard InChI is InChI=1S/C33H37N3O2S/c1-38-26-19-17-22(18-20-26)27-21-28(23-11-5-2-6-12-23)35-32-29(27)30(34)31(39-32)33(37)36(24-13-7-3-8-14-24)25-15-9-4-10-16-25/h2,5-6,11-12,17-21,24-25H,3-4,7-10,13-16,34H2,1H3. The van der Waals surface area contributed by atoms with Crippen molar-refractivity contribution in [2.24, 2.45) is 0 Å². The summed E-state index contributed by atoms with van der Waals surface area (Å²) in [4.78, 5) is 23.2. The zero-order valence-electron chi connectivity index (χ0n) is 22.7. The van der Waals surface area contributed by atoms with Crippen molar-refractivity contribution in [3.63, 3.8) is 0 Å². The summed E-state index contributed by atoms with van der Waals surface area (Å²) in [5.41, 5.74) is 11.4. The molecular formula is C33H37N3O2S. The van der Waals surface area contributed by atoms with Gasteiger partial charge in [-0.2, -0.15) is 0 Å². The summed E-state index contributed by atoms with van der Waals surface area (Å²) in [6, 6.07) is 21.0. The number of anilines is 1. The molecule has 0 aliphatic heterocycles. The summed E-state index contributed by atoms with van der Waals surface area (Å²) < 4.78 is 5.40. The zero-order chi connectivity index (χ0) is 26.8. The fraction of sp³-hybridized carbons (Fsp3) is 0.394. The van der Waals surface area contributed by atoms with Crippen LogP contribution in [-0.4, -0.2) is 35.0 Å². The van der Waals surface area contributed by atoms with Crippen LogP contribution in [0.4, 0.5) is 5.69 Å². The maximum atomic E-state index is 14.4. The maximum Gasteiger partial charge on any atom is 0.266 e. The minimum atomic E-state index is 0.108. The van der Waals surface area contributed by atoms with Crippen molar-refractivity contribution in [2.45, 2.75) is 76.3 Å². The zero-order valence-corrected chi connectivity index (χ0v) is 23.5. The molecule has 2 aromatic heterocycles. The number of nitrogens with two attached hydrogens (primary N) is 1. The number of ether oxygens (including phenoxy) is 1. The van der Waals surface area contributed by atoms with Crippen LogP contribution in [0.2, 0.25) is 0 Å². The quantitative estimate of drug-likeness (QED) is 0.267. The number of fused-ring (bicyclic) bond motifs is 1. The van der Waals surface area contributed by atoms with E-state index in [1.165, 1.54) is 49.9 Å². The lowest BCUT2D eigenvalue weighted by Gasteiger charge is -2.41. The molecule has 39 heavy (non-hydrogen) atoms. The Kier molecular flexibility index (Phi) is 7.55. The molecule has 0 bridgehead atoms. The fourth-order valence-corrected chi connectivity index (χ4v) is 7.56. The van der Waals surface area contributed by atoms with E-state index in [1.807, 2.05) is 30.3 Å². The van der Waals surface area contributed by atoms with E-state index >= 15 is 0 Å². The number of pyridine rings is 1. The molecule has 202 valence electrons. The van der Waals surface area contributed by atoms with Crippen molar-refractivity contribution in [3.05, 3.63) is 65.5 Å². The fourth-order valence-electron chi connectivity index (χ4n) is 6.50. The first kappa shape index (κ1) is 25.9. The minimum Gasteiger partial charge on any atom is -0.497 e. The van der Waals surface area contributed by atoms with Crippen LogP contribution < -0.4 is 10.5 Å². The van der Waals surface area contributed by atoms with Gasteiger partial charge in [0.15, 0.2) is 0 Å². The van der Waals surface area contributed by atoms with Crippen molar-refractivity contribution < 1.29 is 9.53 Å². The normalized spacial score (nSPS) is 16.8. The van der Waals surface area contributed by atoms with Gasteiger partial charge in [-0.05, 0) is 55.0 Å². The molecule has 5 nitrogen and oxygen atoms in total. The average molecular weight is 540 g/mol. The van der Waals surface area contributed by atoms with Crippen LogP contribution in [-0.2, 0) is 0 Å². The van der Waals surface area contributed by atoms with Crippen LogP contribution in [0, 0.1) is 0 Å². The van der Waals surface area contributed by atoms with Gasteiger partial charge in [0.25, 0.3) is 5.91 Å². The van der Waals surface area contributed by atoms with Crippen LogP contribution in [0.25, 0.3) is 32.6 Å². The number of hydrogen-bond acceptors (Lipinski definition) is 5. The van der Waals surface area contributed by atoms with Crippen molar-refractivity contribution in [1.29, 1.82) is 0 Å².